The van der Waals surface area contributed by atoms with Crippen molar-refractivity contribution in [2.75, 3.05) is 5.73 Å². The molecule has 0 atom stereocenters. The molecule has 0 unspecified atom stereocenters. The highest BCUT2D eigenvalue weighted by Gasteiger charge is 2.23. The summed E-state index contributed by atoms with van der Waals surface area (Å²) >= 11 is 6.27. The standard InChI is InChI=1S/C16H20ClN3/c1-20-15(18)14(12-9-5-6-10-13(12)17)19-16(20)11-7-3-2-4-8-11/h5-6,9-11H,2-4,7-8,18H2,1H3. The lowest BCUT2D eigenvalue weighted by Gasteiger charge is -2.21. The van der Waals surface area contributed by atoms with Crippen LogP contribution in [-0.4, -0.2) is 9.55 Å². The lowest BCUT2D eigenvalue weighted by atomic mass is 9.89. The Balaban J connectivity index is 2.03. The molecule has 0 aliphatic heterocycles. The molecular formula is C16H20ClN3. The molecule has 1 aromatic carbocycles. The minimum atomic E-state index is 0.535. The van der Waals surface area contributed by atoms with E-state index in [0.717, 1.165) is 17.1 Å². The van der Waals surface area contributed by atoms with Gasteiger partial charge in [-0.3, -0.25) is 0 Å². The predicted octanol–water partition coefficient (Wildman–Crippen LogP) is 4.37. The highest BCUT2D eigenvalue weighted by Crippen LogP contribution is 2.37. The van der Waals surface area contributed by atoms with Crippen LogP contribution in [0.4, 0.5) is 5.82 Å². The van der Waals surface area contributed by atoms with Crippen LogP contribution in [0.3, 0.4) is 0 Å². The fourth-order valence-corrected chi connectivity index (χ4v) is 3.33. The molecule has 1 aliphatic rings. The van der Waals surface area contributed by atoms with Crippen LogP contribution in [0, 0.1) is 0 Å². The van der Waals surface area contributed by atoms with Crippen molar-refractivity contribution in [1.29, 1.82) is 0 Å². The Morgan fingerprint density at radius 2 is 1.90 bits per heavy atom. The Hall–Kier alpha value is -1.48. The van der Waals surface area contributed by atoms with E-state index in [9.17, 15) is 0 Å². The van der Waals surface area contributed by atoms with Gasteiger partial charge in [0.25, 0.3) is 0 Å². The lowest BCUT2D eigenvalue weighted by molar-refractivity contribution is 0.422. The number of anilines is 1. The normalized spacial score (nSPS) is 16.5. The van der Waals surface area contributed by atoms with E-state index in [1.165, 1.54) is 32.1 Å². The van der Waals surface area contributed by atoms with Crippen molar-refractivity contribution in [2.24, 2.45) is 7.05 Å². The van der Waals surface area contributed by atoms with Gasteiger partial charge in [-0.05, 0) is 18.9 Å². The minimum absolute atomic E-state index is 0.535. The van der Waals surface area contributed by atoms with Crippen molar-refractivity contribution in [3.8, 4) is 11.3 Å². The lowest BCUT2D eigenvalue weighted by Crippen LogP contribution is -2.11. The molecule has 0 amide bonds. The Labute approximate surface area is 124 Å². The maximum absolute atomic E-state index is 6.27. The van der Waals surface area contributed by atoms with E-state index < -0.39 is 0 Å². The number of imidazole rings is 1. The number of halogens is 1. The van der Waals surface area contributed by atoms with Crippen LogP contribution in [0.5, 0.6) is 0 Å². The summed E-state index contributed by atoms with van der Waals surface area (Å²) in [7, 11) is 2.01. The zero-order chi connectivity index (χ0) is 14.1. The monoisotopic (exact) mass is 289 g/mol. The molecule has 1 heterocycles. The minimum Gasteiger partial charge on any atom is -0.383 e. The number of nitrogens with zero attached hydrogens (tertiary/aromatic N) is 2. The van der Waals surface area contributed by atoms with Crippen molar-refractivity contribution in [3.63, 3.8) is 0 Å². The first kappa shape index (κ1) is 13.5. The van der Waals surface area contributed by atoms with E-state index in [4.69, 9.17) is 22.3 Å². The summed E-state index contributed by atoms with van der Waals surface area (Å²) in [6.07, 6.45) is 6.35. The van der Waals surface area contributed by atoms with Crippen molar-refractivity contribution in [3.05, 3.63) is 35.1 Å². The number of rotatable bonds is 2. The number of nitrogen functional groups attached to an aromatic ring is 1. The zero-order valence-corrected chi connectivity index (χ0v) is 12.5. The number of hydrogen-bond donors (Lipinski definition) is 1. The van der Waals surface area contributed by atoms with Gasteiger partial charge in [0.05, 0.1) is 5.02 Å². The zero-order valence-electron chi connectivity index (χ0n) is 11.8. The maximum atomic E-state index is 6.27. The molecule has 4 heteroatoms. The first-order valence-electron chi connectivity index (χ1n) is 7.25. The van der Waals surface area contributed by atoms with Gasteiger partial charge in [-0.15, -0.1) is 0 Å². The summed E-state index contributed by atoms with van der Waals surface area (Å²) < 4.78 is 2.04. The summed E-state index contributed by atoms with van der Waals surface area (Å²) in [4.78, 5) is 4.82. The van der Waals surface area contributed by atoms with E-state index >= 15 is 0 Å². The molecule has 3 nitrogen and oxygen atoms in total. The first-order chi connectivity index (χ1) is 9.68. The number of hydrogen-bond acceptors (Lipinski definition) is 2. The van der Waals surface area contributed by atoms with Crippen LogP contribution in [0.2, 0.25) is 5.02 Å². The Morgan fingerprint density at radius 3 is 2.60 bits per heavy atom. The molecule has 1 fully saturated rings. The average Bonchev–Trinajstić information content (AvgIpc) is 2.77. The second-order valence-corrected chi connectivity index (χ2v) is 5.98. The van der Waals surface area contributed by atoms with Gasteiger partial charge in [-0.25, -0.2) is 4.98 Å². The molecule has 3 rings (SSSR count). The molecule has 0 saturated heterocycles. The summed E-state index contributed by atoms with van der Waals surface area (Å²) in [5.41, 5.74) is 7.99. The summed E-state index contributed by atoms with van der Waals surface area (Å²) in [5.74, 6) is 2.35. The fourth-order valence-electron chi connectivity index (χ4n) is 3.11. The fraction of sp³-hybridized carbons (Fsp3) is 0.438. The van der Waals surface area contributed by atoms with Gasteiger partial charge in [0.1, 0.15) is 17.3 Å². The second-order valence-electron chi connectivity index (χ2n) is 5.58. The Bertz CT molecular complexity index is 612. The summed E-state index contributed by atoms with van der Waals surface area (Å²) in [6, 6.07) is 7.75. The van der Waals surface area contributed by atoms with Crippen LogP contribution in [0.1, 0.15) is 43.8 Å². The largest absolute Gasteiger partial charge is 0.383 e. The molecular weight excluding hydrogens is 270 g/mol. The van der Waals surface area contributed by atoms with E-state index in [1.807, 2.05) is 35.9 Å². The van der Waals surface area contributed by atoms with Gasteiger partial charge in [0.15, 0.2) is 0 Å². The van der Waals surface area contributed by atoms with Crippen LogP contribution in [-0.2, 0) is 7.05 Å². The quantitative estimate of drug-likeness (QED) is 0.892. The second kappa shape index (κ2) is 5.49. The van der Waals surface area contributed by atoms with Crippen LogP contribution >= 0.6 is 11.6 Å². The van der Waals surface area contributed by atoms with Crippen molar-refractivity contribution in [1.82, 2.24) is 9.55 Å². The molecule has 2 N–H and O–H groups in total. The molecule has 1 aliphatic carbocycles. The Morgan fingerprint density at radius 1 is 1.20 bits per heavy atom. The van der Waals surface area contributed by atoms with E-state index in [1.54, 1.807) is 0 Å². The maximum Gasteiger partial charge on any atom is 0.131 e. The molecule has 0 spiro atoms. The molecule has 1 aromatic heterocycles. The van der Waals surface area contributed by atoms with Gasteiger partial charge >= 0.3 is 0 Å². The predicted molar refractivity (Wildman–Crippen MR) is 83.9 cm³/mol. The topological polar surface area (TPSA) is 43.8 Å². The van der Waals surface area contributed by atoms with E-state index in [-0.39, 0.29) is 0 Å². The van der Waals surface area contributed by atoms with Gasteiger partial charge in [0.2, 0.25) is 0 Å². The third-order valence-corrected chi connectivity index (χ3v) is 4.60. The molecule has 20 heavy (non-hydrogen) atoms. The SMILES string of the molecule is Cn1c(C2CCCCC2)nc(-c2ccccc2Cl)c1N. The van der Waals surface area contributed by atoms with Crippen molar-refractivity contribution >= 4 is 17.4 Å². The Kier molecular flexibility index (Phi) is 3.70. The number of benzene rings is 1. The van der Waals surface area contributed by atoms with E-state index in [0.29, 0.717) is 16.8 Å². The molecule has 106 valence electrons. The summed E-state index contributed by atoms with van der Waals surface area (Å²) in [6.45, 7) is 0. The highest BCUT2D eigenvalue weighted by molar-refractivity contribution is 6.33. The molecule has 0 radical (unpaired) electrons. The average molecular weight is 290 g/mol. The van der Waals surface area contributed by atoms with Gasteiger partial charge in [0, 0.05) is 18.5 Å². The van der Waals surface area contributed by atoms with Crippen molar-refractivity contribution in [2.45, 2.75) is 38.0 Å². The third kappa shape index (κ3) is 2.31. The van der Waals surface area contributed by atoms with Gasteiger partial charge in [-0.1, -0.05) is 49.1 Å². The number of aromatic nitrogens is 2. The highest BCUT2D eigenvalue weighted by atomic mass is 35.5. The van der Waals surface area contributed by atoms with Crippen LogP contribution < -0.4 is 5.73 Å². The van der Waals surface area contributed by atoms with Crippen molar-refractivity contribution < 1.29 is 0 Å². The molecule has 0 bridgehead atoms. The van der Waals surface area contributed by atoms with Gasteiger partial charge < -0.3 is 10.3 Å². The third-order valence-electron chi connectivity index (χ3n) is 4.27. The molecule has 2 aromatic rings. The first-order valence-corrected chi connectivity index (χ1v) is 7.63. The smallest absolute Gasteiger partial charge is 0.131 e. The van der Waals surface area contributed by atoms with Crippen LogP contribution in [0.25, 0.3) is 11.3 Å². The van der Waals surface area contributed by atoms with E-state index in [2.05, 4.69) is 0 Å². The van der Waals surface area contributed by atoms with Gasteiger partial charge in [-0.2, -0.15) is 0 Å². The summed E-state index contributed by atoms with van der Waals surface area (Å²) in [5, 5.41) is 0.701. The number of nitrogens with two attached hydrogens (primary N) is 1. The molecule has 1 saturated carbocycles. The van der Waals surface area contributed by atoms with Crippen LogP contribution in [0.15, 0.2) is 24.3 Å².